The number of hydrogen-bond donors (Lipinski definition) is 1. The molecular weight excluding hydrogens is 382 g/mol. The van der Waals surface area contributed by atoms with Crippen molar-refractivity contribution in [3.05, 3.63) is 65.2 Å². The number of rotatable bonds is 4. The number of carbonyl (C=O) groups excluding carboxylic acids is 1. The first-order valence-corrected chi connectivity index (χ1v) is 10.6. The summed E-state index contributed by atoms with van der Waals surface area (Å²) in [6.07, 6.45) is 2.04. The molecular formula is C21H20ClNO3S. The molecule has 6 heteroatoms. The molecule has 2 aromatic carbocycles. The minimum Gasteiger partial charge on any atom is -0.344 e. The molecule has 0 saturated heterocycles. The largest absolute Gasteiger partial charge is 0.344 e. The smallest absolute Gasteiger partial charge is 0.242 e. The molecule has 0 atom stereocenters. The van der Waals surface area contributed by atoms with Crippen LogP contribution in [0.25, 0.3) is 0 Å². The van der Waals surface area contributed by atoms with Crippen LogP contribution in [0.15, 0.2) is 59.5 Å². The summed E-state index contributed by atoms with van der Waals surface area (Å²) in [4.78, 5) is 13.0. The van der Waals surface area contributed by atoms with Gasteiger partial charge in [0, 0.05) is 10.6 Å². The molecule has 0 spiro atoms. The number of halogens is 1. The summed E-state index contributed by atoms with van der Waals surface area (Å²) in [6, 6.07) is 15.4. The number of benzene rings is 2. The van der Waals surface area contributed by atoms with Gasteiger partial charge in [-0.3, -0.25) is 4.79 Å². The lowest BCUT2D eigenvalue weighted by molar-refractivity contribution is -0.123. The van der Waals surface area contributed by atoms with Crippen molar-refractivity contribution >= 4 is 27.3 Å². The van der Waals surface area contributed by atoms with Gasteiger partial charge < -0.3 is 5.32 Å². The second-order valence-electron chi connectivity index (χ2n) is 6.51. The van der Waals surface area contributed by atoms with Gasteiger partial charge in [-0.2, -0.15) is 0 Å². The third-order valence-corrected chi connectivity index (χ3v) is 7.57. The summed E-state index contributed by atoms with van der Waals surface area (Å²) in [5, 5.41) is 3.16. The highest BCUT2D eigenvalue weighted by Crippen LogP contribution is 2.40. The fraction of sp³-hybridized carbons (Fsp3) is 0.286. The Hall–Kier alpha value is -2.29. The van der Waals surface area contributed by atoms with Crippen molar-refractivity contribution in [2.75, 3.05) is 6.54 Å². The van der Waals surface area contributed by atoms with Crippen molar-refractivity contribution in [1.82, 2.24) is 5.32 Å². The highest BCUT2D eigenvalue weighted by Gasteiger charge is 2.52. The molecule has 0 aliphatic heterocycles. The zero-order chi connectivity index (χ0) is 19.3. The van der Waals surface area contributed by atoms with Crippen LogP contribution in [-0.4, -0.2) is 25.6 Å². The maximum atomic E-state index is 13.2. The Morgan fingerprint density at radius 1 is 1.04 bits per heavy atom. The van der Waals surface area contributed by atoms with Crippen molar-refractivity contribution in [3.63, 3.8) is 0 Å². The van der Waals surface area contributed by atoms with Gasteiger partial charge in [0.15, 0.2) is 14.6 Å². The van der Waals surface area contributed by atoms with Crippen LogP contribution in [0.3, 0.4) is 0 Å². The fourth-order valence-corrected chi connectivity index (χ4v) is 5.57. The Labute approximate surface area is 164 Å². The average molecular weight is 402 g/mol. The van der Waals surface area contributed by atoms with Gasteiger partial charge in [0.05, 0.1) is 11.4 Å². The number of nitrogens with one attached hydrogen (secondary N) is 1. The van der Waals surface area contributed by atoms with E-state index >= 15 is 0 Å². The molecule has 0 heterocycles. The van der Waals surface area contributed by atoms with Crippen LogP contribution in [-0.2, 0) is 14.6 Å². The van der Waals surface area contributed by atoms with E-state index in [0.29, 0.717) is 30.7 Å². The first-order chi connectivity index (χ1) is 13.0. The highest BCUT2D eigenvalue weighted by atomic mass is 35.5. The quantitative estimate of drug-likeness (QED) is 0.796. The zero-order valence-electron chi connectivity index (χ0n) is 14.7. The third-order valence-electron chi connectivity index (χ3n) is 4.81. The SMILES string of the molecule is O=C(NCC#Cc1ccccc1)C1(S(=O)(=O)c2ccc(Cl)cc2)CCCC1. The number of carbonyl (C=O) groups is 1. The second-order valence-corrected chi connectivity index (χ2v) is 9.21. The van der Waals surface area contributed by atoms with Crippen LogP contribution in [0.2, 0.25) is 5.02 Å². The van der Waals surface area contributed by atoms with Gasteiger partial charge in [-0.1, -0.05) is 54.5 Å². The summed E-state index contributed by atoms with van der Waals surface area (Å²) < 4.78 is 25.0. The Morgan fingerprint density at radius 2 is 1.67 bits per heavy atom. The number of sulfone groups is 1. The monoisotopic (exact) mass is 401 g/mol. The molecule has 1 amide bonds. The summed E-state index contributed by atoms with van der Waals surface area (Å²) in [7, 11) is -3.82. The molecule has 1 aliphatic carbocycles. The van der Waals surface area contributed by atoms with Crippen molar-refractivity contribution in [3.8, 4) is 11.8 Å². The summed E-state index contributed by atoms with van der Waals surface area (Å²) in [6.45, 7) is 0.103. The highest BCUT2D eigenvalue weighted by molar-refractivity contribution is 7.93. The van der Waals surface area contributed by atoms with Gasteiger partial charge in [-0.25, -0.2) is 8.42 Å². The summed E-state index contributed by atoms with van der Waals surface area (Å²) >= 11 is 5.86. The van der Waals surface area contributed by atoms with E-state index in [1.165, 1.54) is 24.3 Å². The van der Waals surface area contributed by atoms with E-state index in [4.69, 9.17) is 11.6 Å². The lowest BCUT2D eigenvalue weighted by Crippen LogP contribution is -2.50. The Bertz CT molecular complexity index is 968. The minimum absolute atomic E-state index is 0.103. The molecule has 2 aromatic rings. The van der Waals surface area contributed by atoms with Crippen molar-refractivity contribution in [2.24, 2.45) is 0 Å². The van der Waals surface area contributed by atoms with Crippen molar-refractivity contribution in [1.29, 1.82) is 0 Å². The van der Waals surface area contributed by atoms with Crippen LogP contribution in [0.4, 0.5) is 0 Å². The maximum absolute atomic E-state index is 13.2. The van der Waals surface area contributed by atoms with Gasteiger partial charge in [-0.05, 0) is 49.2 Å². The molecule has 0 unspecified atom stereocenters. The van der Waals surface area contributed by atoms with Gasteiger partial charge >= 0.3 is 0 Å². The van der Waals surface area contributed by atoms with E-state index in [1.807, 2.05) is 30.3 Å². The minimum atomic E-state index is -3.82. The van der Waals surface area contributed by atoms with Gasteiger partial charge in [0.25, 0.3) is 0 Å². The normalized spacial score (nSPS) is 15.6. The summed E-state index contributed by atoms with van der Waals surface area (Å²) in [5.41, 5.74) is 0.844. The van der Waals surface area contributed by atoms with Gasteiger partial charge in [-0.15, -0.1) is 0 Å². The molecule has 140 valence electrons. The van der Waals surface area contributed by atoms with E-state index in [1.54, 1.807) is 0 Å². The Balaban J connectivity index is 1.79. The molecule has 0 radical (unpaired) electrons. The van der Waals surface area contributed by atoms with Crippen molar-refractivity contribution < 1.29 is 13.2 Å². The van der Waals surface area contributed by atoms with Crippen LogP contribution in [0, 0.1) is 11.8 Å². The fourth-order valence-electron chi connectivity index (χ4n) is 3.36. The molecule has 1 saturated carbocycles. The molecule has 1 aliphatic rings. The molecule has 4 nitrogen and oxygen atoms in total. The average Bonchev–Trinajstić information content (AvgIpc) is 3.18. The van der Waals surface area contributed by atoms with Crippen LogP contribution < -0.4 is 5.32 Å². The van der Waals surface area contributed by atoms with Gasteiger partial charge in [0.1, 0.15) is 0 Å². The lowest BCUT2D eigenvalue weighted by Gasteiger charge is -2.27. The van der Waals surface area contributed by atoms with Crippen LogP contribution >= 0.6 is 11.6 Å². The molecule has 0 aromatic heterocycles. The predicted octanol–water partition coefficient (Wildman–Crippen LogP) is 3.59. The topological polar surface area (TPSA) is 63.2 Å². The first-order valence-electron chi connectivity index (χ1n) is 8.78. The molecule has 3 rings (SSSR count). The molecule has 27 heavy (non-hydrogen) atoms. The standard InChI is InChI=1S/C21H20ClNO3S/c22-18-10-12-19(13-11-18)27(25,26)21(14-4-5-15-21)20(24)23-16-6-9-17-7-2-1-3-8-17/h1-3,7-8,10-13H,4-5,14-16H2,(H,23,24). The van der Waals surface area contributed by atoms with Crippen LogP contribution in [0.1, 0.15) is 31.2 Å². The second kappa shape index (κ2) is 8.16. The van der Waals surface area contributed by atoms with E-state index in [-0.39, 0.29) is 11.4 Å². The van der Waals surface area contributed by atoms with E-state index in [9.17, 15) is 13.2 Å². The zero-order valence-corrected chi connectivity index (χ0v) is 16.3. The molecule has 0 bridgehead atoms. The predicted molar refractivity (Wildman–Crippen MR) is 106 cm³/mol. The number of amides is 1. The van der Waals surface area contributed by atoms with E-state index < -0.39 is 20.5 Å². The Morgan fingerprint density at radius 3 is 2.30 bits per heavy atom. The molecule has 1 N–H and O–H groups in total. The lowest BCUT2D eigenvalue weighted by atomic mass is 10.1. The summed E-state index contributed by atoms with van der Waals surface area (Å²) in [5.74, 6) is 5.35. The molecule has 1 fully saturated rings. The Kier molecular flexibility index (Phi) is 5.88. The third kappa shape index (κ3) is 4.02. The van der Waals surface area contributed by atoms with Crippen molar-refractivity contribution in [2.45, 2.75) is 35.3 Å². The van der Waals surface area contributed by atoms with Gasteiger partial charge in [0.2, 0.25) is 5.91 Å². The number of hydrogen-bond acceptors (Lipinski definition) is 3. The maximum Gasteiger partial charge on any atom is 0.242 e. The van der Waals surface area contributed by atoms with E-state index in [0.717, 1.165) is 5.56 Å². The van der Waals surface area contributed by atoms with Crippen LogP contribution in [0.5, 0.6) is 0 Å². The van der Waals surface area contributed by atoms with E-state index in [2.05, 4.69) is 17.2 Å². The first kappa shape index (κ1) is 19.5.